The molecule has 0 N–H and O–H groups in total. The molecule has 0 spiro atoms. The summed E-state index contributed by atoms with van der Waals surface area (Å²) in [4.78, 5) is 0. The van der Waals surface area contributed by atoms with Gasteiger partial charge < -0.3 is 4.57 Å². The summed E-state index contributed by atoms with van der Waals surface area (Å²) in [5.41, 5.74) is 11.2. The molecular weight excluding hydrogens is 647 g/mol. The number of quaternary nitrogens is 1. The van der Waals surface area contributed by atoms with Crippen LogP contribution in [0.3, 0.4) is 0 Å². The zero-order chi connectivity index (χ0) is 36.4. The SMILES string of the molecule is CCCCC1(CCCC)C2=CC3C(C=C2c2ccc(-n4c5ccccc5c5ccccc54)cc21)CC(C)C3[Si](C)(C)N(C1CCCCC1)[N+](C)(C)C. The van der Waals surface area contributed by atoms with Gasteiger partial charge in [-0.1, -0.05) is 133 Å². The van der Waals surface area contributed by atoms with Crippen molar-refractivity contribution in [1.82, 2.24) is 9.24 Å². The number of para-hydroxylation sites is 2. The fraction of sp³-hybridized carbons (Fsp3) is 0.542. The highest BCUT2D eigenvalue weighted by Crippen LogP contribution is 2.63. The summed E-state index contributed by atoms with van der Waals surface area (Å²) in [7, 11) is 5.53. The quantitative estimate of drug-likeness (QED) is 0.0854. The van der Waals surface area contributed by atoms with Crippen LogP contribution in [-0.4, -0.2) is 49.3 Å². The van der Waals surface area contributed by atoms with Gasteiger partial charge in [-0.2, -0.15) is 4.67 Å². The summed E-state index contributed by atoms with van der Waals surface area (Å²) in [6.45, 7) is 13.0. The molecule has 3 aromatic carbocycles. The van der Waals surface area contributed by atoms with Crippen LogP contribution in [0.15, 0.2) is 84.5 Å². The molecule has 0 bridgehead atoms. The van der Waals surface area contributed by atoms with Crippen molar-refractivity contribution in [3.05, 3.63) is 95.6 Å². The highest BCUT2D eigenvalue weighted by atomic mass is 28.3. The van der Waals surface area contributed by atoms with Crippen molar-refractivity contribution >= 4 is 35.6 Å². The Morgan fingerprint density at radius 1 is 0.808 bits per heavy atom. The molecule has 0 radical (unpaired) electrons. The van der Waals surface area contributed by atoms with Gasteiger partial charge in [0.15, 0.2) is 8.24 Å². The Labute approximate surface area is 316 Å². The molecule has 0 saturated heterocycles. The van der Waals surface area contributed by atoms with Gasteiger partial charge in [0.1, 0.15) is 0 Å². The number of benzene rings is 3. The van der Waals surface area contributed by atoms with Crippen molar-refractivity contribution in [2.45, 2.75) is 128 Å². The van der Waals surface area contributed by atoms with E-state index in [1.54, 1.807) is 16.7 Å². The molecule has 1 aromatic heterocycles. The van der Waals surface area contributed by atoms with Gasteiger partial charge in [-0.3, -0.25) is 4.59 Å². The molecule has 4 unspecified atom stereocenters. The molecule has 2 fully saturated rings. The number of rotatable bonds is 11. The second kappa shape index (κ2) is 13.7. The molecule has 4 atom stereocenters. The Hall–Kier alpha value is -2.92. The van der Waals surface area contributed by atoms with E-state index in [0.29, 0.717) is 11.8 Å². The molecular formula is C48H66N3Si+. The van der Waals surface area contributed by atoms with Crippen molar-refractivity contribution in [3.8, 4) is 5.69 Å². The summed E-state index contributed by atoms with van der Waals surface area (Å²) >= 11 is 0. The number of hydrogen-bond donors (Lipinski definition) is 0. The number of allylic oxidation sites excluding steroid dienone is 4. The first-order valence-electron chi connectivity index (χ1n) is 21.2. The molecule has 4 aliphatic rings. The van der Waals surface area contributed by atoms with E-state index < -0.39 is 8.24 Å². The van der Waals surface area contributed by atoms with Gasteiger partial charge in [-0.25, -0.2) is 0 Å². The van der Waals surface area contributed by atoms with Crippen LogP contribution in [0.4, 0.5) is 0 Å². The van der Waals surface area contributed by atoms with Gasteiger partial charge in [-0.05, 0) is 102 Å². The Morgan fingerprint density at radius 3 is 2.02 bits per heavy atom. The van der Waals surface area contributed by atoms with Crippen molar-refractivity contribution in [3.63, 3.8) is 0 Å². The third-order valence-electron chi connectivity index (χ3n) is 14.2. The van der Waals surface area contributed by atoms with Crippen LogP contribution in [0.1, 0.15) is 109 Å². The first-order valence-corrected chi connectivity index (χ1v) is 24.2. The topological polar surface area (TPSA) is 8.17 Å². The monoisotopic (exact) mass is 713 g/mol. The number of aromatic nitrogens is 1. The minimum atomic E-state index is -1.88. The van der Waals surface area contributed by atoms with Gasteiger partial charge in [0, 0.05) is 27.9 Å². The fourth-order valence-electron chi connectivity index (χ4n) is 12.7. The van der Waals surface area contributed by atoms with Gasteiger partial charge >= 0.3 is 0 Å². The van der Waals surface area contributed by atoms with E-state index in [2.05, 4.69) is 143 Å². The zero-order valence-electron chi connectivity index (χ0n) is 33.7. The van der Waals surface area contributed by atoms with E-state index in [1.165, 1.54) is 110 Å². The lowest BCUT2D eigenvalue weighted by molar-refractivity contribution is -0.975. The second-order valence-electron chi connectivity index (χ2n) is 18.8. The standard InChI is InChI=1S/C48H66N3Si/c1-9-11-28-48(29-12-10-2)43-32-37(49-45-24-18-16-22-39(45)40-23-17-19-25-46(40)49)26-27-38(43)42-31-35-30-34(3)47(41(35)33-44(42)48)52(7,8)50(51(4,5)6)36-20-14-13-15-21-36/h16-19,22-27,31-36,41,47H,9-15,20-21,28-30H2,1-8H3/q+1. The van der Waals surface area contributed by atoms with Crippen LogP contribution in [-0.2, 0) is 5.41 Å². The minimum Gasteiger partial charge on any atom is -0.309 e. The molecule has 2 saturated carbocycles. The second-order valence-corrected chi connectivity index (χ2v) is 23.2. The average molecular weight is 713 g/mol. The maximum Gasteiger partial charge on any atom is 0.191 e. The highest BCUT2D eigenvalue weighted by molar-refractivity contribution is 6.76. The average Bonchev–Trinajstić information content (AvgIpc) is 3.73. The van der Waals surface area contributed by atoms with Gasteiger partial charge in [-0.15, -0.1) is 0 Å². The molecule has 276 valence electrons. The minimum absolute atomic E-state index is 0.0815. The number of unbranched alkanes of at least 4 members (excludes halogenated alkanes) is 2. The largest absolute Gasteiger partial charge is 0.309 e. The van der Waals surface area contributed by atoms with Crippen LogP contribution in [0.5, 0.6) is 0 Å². The third kappa shape index (κ3) is 5.73. The number of nitrogens with zero attached hydrogens (tertiary/aromatic N) is 3. The Kier molecular flexibility index (Phi) is 9.53. The normalized spacial score (nSPS) is 24.6. The summed E-state index contributed by atoms with van der Waals surface area (Å²) in [6.07, 6.45) is 21.6. The molecule has 3 nitrogen and oxygen atoms in total. The van der Waals surface area contributed by atoms with Crippen molar-refractivity contribution in [1.29, 1.82) is 0 Å². The van der Waals surface area contributed by atoms with Crippen LogP contribution < -0.4 is 0 Å². The predicted molar refractivity (Wildman–Crippen MR) is 226 cm³/mol. The molecule has 8 rings (SSSR count). The van der Waals surface area contributed by atoms with Crippen molar-refractivity contribution in [2.24, 2.45) is 17.8 Å². The van der Waals surface area contributed by atoms with E-state index >= 15 is 0 Å². The molecule has 52 heavy (non-hydrogen) atoms. The molecule has 0 aliphatic heterocycles. The van der Waals surface area contributed by atoms with Crippen LogP contribution in [0.2, 0.25) is 18.6 Å². The van der Waals surface area contributed by atoms with Gasteiger partial charge in [0.05, 0.1) is 32.2 Å². The lowest BCUT2D eigenvalue weighted by Crippen LogP contribution is -2.69. The zero-order valence-corrected chi connectivity index (χ0v) is 34.7. The lowest BCUT2D eigenvalue weighted by atomic mass is 9.68. The maximum absolute atomic E-state index is 3.11. The smallest absolute Gasteiger partial charge is 0.191 e. The van der Waals surface area contributed by atoms with E-state index in [9.17, 15) is 0 Å². The molecule has 0 amide bonds. The van der Waals surface area contributed by atoms with Crippen molar-refractivity contribution in [2.75, 3.05) is 21.1 Å². The summed E-state index contributed by atoms with van der Waals surface area (Å²) in [5.74, 6) is 2.03. The lowest BCUT2D eigenvalue weighted by Gasteiger charge is -2.54. The van der Waals surface area contributed by atoms with Crippen LogP contribution >= 0.6 is 0 Å². The van der Waals surface area contributed by atoms with Crippen LogP contribution in [0, 0.1) is 17.8 Å². The maximum atomic E-state index is 3.11. The summed E-state index contributed by atoms with van der Waals surface area (Å²) < 4.78 is 6.64. The van der Waals surface area contributed by atoms with Gasteiger partial charge in [0.2, 0.25) is 0 Å². The van der Waals surface area contributed by atoms with Crippen LogP contribution in [0.25, 0.3) is 33.1 Å². The van der Waals surface area contributed by atoms with Crippen molar-refractivity contribution < 1.29 is 4.59 Å². The highest BCUT2D eigenvalue weighted by Gasteiger charge is 2.58. The molecule has 1 heterocycles. The van der Waals surface area contributed by atoms with Gasteiger partial charge in [0.25, 0.3) is 0 Å². The molecule has 4 aromatic rings. The summed E-state index contributed by atoms with van der Waals surface area (Å²) in [5, 5.41) is 2.69. The molecule has 4 aliphatic carbocycles. The van der Waals surface area contributed by atoms with E-state index in [-0.39, 0.29) is 5.41 Å². The summed E-state index contributed by atoms with van der Waals surface area (Å²) in [6, 6.07) is 26.4. The Bertz CT molecular complexity index is 1940. The Balaban J connectivity index is 1.28. The fourth-order valence-corrected chi connectivity index (χ4v) is 18.5. The van der Waals surface area contributed by atoms with E-state index in [0.717, 1.165) is 22.1 Å². The first kappa shape index (κ1) is 36.1. The number of hydrogen-bond acceptors (Lipinski definition) is 1. The van der Waals surface area contributed by atoms with E-state index in [1.807, 2.05) is 0 Å². The first-order chi connectivity index (χ1) is 25.0. The third-order valence-corrected chi connectivity index (χ3v) is 19.0. The predicted octanol–water partition coefficient (Wildman–Crippen LogP) is 12.8. The Morgan fingerprint density at radius 2 is 1.42 bits per heavy atom. The van der Waals surface area contributed by atoms with E-state index in [4.69, 9.17) is 0 Å². The number of fused-ring (bicyclic) bond motifs is 7. The molecule has 4 heteroatoms.